The molecule has 1 amide bonds. The third kappa shape index (κ3) is 2.57. The van der Waals surface area contributed by atoms with Crippen molar-refractivity contribution < 1.29 is 9.28 Å². The predicted molar refractivity (Wildman–Crippen MR) is 65.0 cm³/mol. The smallest absolute Gasteiger partial charge is 0.222 e. The lowest BCUT2D eigenvalue weighted by Gasteiger charge is -2.44. The molecule has 2 saturated heterocycles. The Morgan fingerprint density at radius 3 is 2.75 bits per heavy atom. The minimum atomic E-state index is 0.386. The predicted octanol–water partition coefficient (Wildman–Crippen LogP) is 1.63. The zero-order valence-corrected chi connectivity index (χ0v) is 10.7. The highest BCUT2D eigenvalue weighted by Crippen LogP contribution is 2.23. The number of nitrogens with zero attached hydrogens (tertiary/aromatic N) is 2. The van der Waals surface area contributed by atoms with Gasteiger partial charge < -0.3 is 9.38 Å². The molecular formula is C13H25N2O+. The molecule has 0 aromatic rings. The molecular weight excluding hydrogens is 200 g/mol. The molecule has 2 rings (SSSR count). The second kappa shape index (κ2) is 4.74. The largest absolute Gasteiger partial charge is 0.337 e. The lowest BCUT2D eigenvalue weighted by Crippen LogP contribution is -2.57. The molecule has 0 aliphatic carbocycles. The van der Waals surface area contributed by atoms with Gasteiger partial charge in [-0.25, -0.2) is 0 Å². The van der Waals surface area contributed by atoms with Gasteiger partial charge in [-0.05, 0) is 25.7 Å². The molecule has 0 bridgehead atoms. The Balaban J connectivity index is 1.94. The van der Waals surface area contributed by atoms with Crippen LogP contribution in [0.15, 0.2) is 0 Å². The van der Waals surface area contributed by atoms with E-state index in [1.807, 2.05) is 0 Å². The number of hydrogen-bond donors (Lipinski definition) is 0. The Morgan fingerprint density at radius 1 is 1.25 bits per heavy atom. The zero-order valence-electron chi connectivity index (χ0n) is 10.7. The van der Waals surface area contributed by atoms with Crippen LogP contribution in [0.5, 0.6) is 0 Å². The van der Waals surface area contributed by atoms with Crippen molar-refractivity contribution in [2.75, 3.05) is 33.7 Å². The standard InChI is InChI=1S/C13H25N2O/c1-15(2)10-6-4-7-12(15)11-14-9-5-3-8-13(14)16/h12H,3-11H2,1-2H3/q+1. The minimum Gasteiger partial charge on any atom is -0.337 e. The number of piperidine rings is 2. The van der Waals surface area contributed by atoms with Crippen LogP contribution in [-0.2, 0) is 4.79 Å². The molecule has 0 aromatic carbocycles. The zero-order chi connectivity index (χ0) is 11.6. The summed E-state index contributed by atoms with van der Waals surface area (Å²) in [7, 11) is 4.64. The Bertz CT molecular complexity index is 263. The second-order valence-electron chi connectivity index (χ2n) is 5.95. The summed E-state index contributed by atoms with van der Waals surface area (Å²) in [5, 5.41) is 0. The summed E-state index contributed by atoms with van der Waals surface area (Å²) in [6.45, 7) is 3.26. The molecule has 2 aliphatic heterocycles. The van der Waals surface area contributed by atoms with Crippen molar-refractivity contribution in [2.45, 2.75) is 44.6 Å². The van der Waals surface area contributed by atoms with E-state index in [1.165, 1.54) is 32.2 Å². The average Bonchev–Trinajstić information content (AvgIpc) is 2.24. The first kappa shape index (κ1) is 11.9. The topological polar surface area (TPSA) is 20.3 Å². The van der Waals surface area contributed by atoms with Crippen LogP contribution in [0.25, 0.3) is 0 Å². The molecule has 3 heteroatoms. The fourth-order valence-electron chi connectivity index (χ4n) is 3.05. The molecule has 2 heterocycles. The van der Waals surface area contributed by atoms with Crippen LogP contribution in [0.4, 0.5) is 0 Å². The molecule has 92 valence electrons. The highest BCUT2D eigenvalue weighted by atomic mass is 16.2. The van der Waals surface area contributed by atoms with E-state index >= 15 is 0 Å². The molecule has 3 nitrogen and oxygen atoms in total. The first-order valence-corrected chi connectivity index (χ1v) is 6.70. The number of carbonyl (C=O) groups is 1. The summed E-state index contributed by atoms with van der Waals surface area (Å²) in [5.41, 5.74) is 0. The Labute approximate surface area is 99.0 Å². The number of amides is 1. The second-order valence-corrected chi connectivity index (χ2v) is 5.95. The van der Waals surface area contributed by atoms with Gasteiger partial charge in [-0.3, -0.25) is 4.79 Å². The van der Waals surface area contributed by atoms with Crippen LogP contribution in [0.1, 0.15) is 38.5 Å². The van der Waals surface area contributed by atoms with Crippen molar-refractivity contribution in [3.05, 3.63) is 0 Å². The van der Waals surface area contributed by atoms with E-state index in [-0.39, 0.29) is 0 Å². The number of likely N-dealkylation sites (tertiary alicyclic amines) is 2. The van der Waals surface area contributed by atoms with Gasteiger partial charge >= 0.3 is 0 Å². The minimum absolute atomic E-state index is 0.386. The molecule has 0 aromatic heterocycles. The summed E-state index contributed by atoms with van der Waals surface area (Å²) < 4.78 is 1.10. The van der Waals surface area contributed by atoms with Gasteiger partial charge in [-0.1, -0.05) is 0 Å². The third-order valence-electron chi connectivity index (χ3n) is 4.36. The summed E-state index contributed by atoms with van der Waals surface area (Å²) in [4.78, 5) is 13.9. The van der Waals surface area contributed by atoms with Crippen LogP contribution in [-0.4, -0.2) is 55.1 Å². The van der Waals surface area contributed by atoms with E-state index < -0.39 is 0 Å². The monoisotopic (exact) mass is 225 g/mol. The van der Waals surface area contributed by atoms with Gasteiger partial charge in [-0.15, -0.1) is 0 Å². The number of likely N-dealkylation sites (N-methyl/N-ethyl adjacent to an activating group) is 1. The molecule has 0 saturated carbocycles. The molecule has 1 atom stereocenters. The first-order chi connectivity index (χ1) is 7.59. The lowest BCUT2D eigenvalue weighted by molar-refractivity contribution is -0.919. The molecule has 0 N–H and O–H groups in total. The Hall–Kier alpha value is -0.570. The lowest BCUT2D eigenvalue weighted by atomic mass is 9.98. The van der Waals surface area contributed by atoms with Gasteiger partial charge in [0.1, 0.15) is 6.04 Å². The third-order valence-corrected chi connectivity index (χ3v) is 4.36. The van der Waals surface area contributed by atoms with Gasteiger partial charge in [0.25, 0.3) is 0 Å². The summed E-state index contributed by atoms with van der Waals surface area (Å²) in [5.74, 6) is 0.386. The van der Waals surface area contributed by atoms with Crippen LogP contribution in [0, 0.1) is 0 Å². The van der Waals surface area contributed by atoms with Crippen molar-refractivity contribution in [2.24, 2.45) is 0 Å². The summed E-state index contributed by atoms with van der Waals surface area (Å²) in [6, 6.07) is 0.663. The number of rotatable bonds is 2. The highest BCUT2D eigenvalue weighted by molar-refractivity contribution is 5.76. The van der Waals surface area contributed by atoms with Crippen LogP contribution in [0.2, 0.25) is 0 Å². The van der Waals surface area contributed by atoms with Gasteiger partial charge in [-0.2, -0.15) is 0 Å². The molecule has 2 aliphatic rings. The SMILES string of the molecule is C[N+]1(C)CCCCC1CN1CCCCC1=O. The van der Waals surface area contributed by atoms with Crippen LogP contribution < -0.4 is 0 Å². The molecule has 0 radical (unpaired) electrons. The molecule has 1 unspecified atom stereocenters. The van der Waals surface area contributed by atoms with Crippen molar-refractivity contribution in [3.8, 4) is 0 Å². The van der Waals surface area contributed by atoms with E-state index in [0.29, 0.717) is 11.9 Å². The Kier molecular flexibility index (Phi) is 3.53. The molecule has 0 spiro atoms. The fourth-order valence-corrected chi connectivity index (χ4v) is 3.05. The van der Waals surface area contributed by atoms with Gasteiger partial charge in [0.15, 0.2) is 0 Å². The van der Waals surface area contributed by atoms with Crippen molar-refractivity contribution >= 4 is 5.91 Å². The normalized spacial score (nSPS) is 30.5. The van der Waals surface area contributed by atoms with Crippen LogP contribution in [0.3, 0.4) is 0 Å². The van der Waals surface area contributed by atoms with E-state index in [2.05, 4.69) is 19.0 Å². The van der Waals surface area contributed by atoms with Gasteiger partial charge in [0, 0.05) is 19.4 Å². The van der Waals surface area contributed by atoms with E-state index in [1.54, 1.807) is 0 Å². The van der Waals surface area contributed by atoms with Gasteiger partial charge in [0.05, 0.1) is 27.2 Å². The summed E-state index contributed by atoms with van der Waals surface area (Å²) >= 11 is 0. The van der Waals surface area contributed by atoms with E-state index in [0.717, 1.165) is 30.4 Å². The van der Waals surface area contributed by atoms with Crippen molar-refractivity contribution in [1.82, 2.24) is 4.90 Å². The van der Waals surface area contributed by atoms with Crippen LogP contribution >= 0.6 is 0 Å². The van der Waals surface area contributed by atoms with Gasteiger partial charge in [0.2, 0.25) is 5.91 Å². The maximum absolute atomic E-state index is 11.8. The maximum Gasteiger partial charge on any atom is 0.222 e. The number of hydrogen-bond acceptors (Lipinski definition) is 1. The Morgan fingerprint density at radius 2 is 2.06 bits per heavy atom. The average molecular weight is 225 g/mol. The van der Waals surface area contributed by atoms with Crippen molar-refractivity contribution in [3.63, 3.8) is 0 Å². The van der Waals surface area contributed by atoms with E-state index in [9.17, 15) is 4.79 Å². The first-order valence-electron chi connectivity index (χ1n) is 6.70. The fraction of sp³-hybridized carbons (Fsp3) is 0.923. The molecule has 16 heavy (non-hydrogen) atoms. The highest BCUT2D eigenvalue weighted by Gasteiger charge is 2.34. The molecule has 2 fully saturated rings. The number of carbonyl (C=O) groups excluding carboxylic acids is 1. The van der Waals surface area contributed by atoms with E-state index in [4.69, 9.17) is 0 Å². The number of quaternary nitrogens is 1. The quantitative estimate of drug-likeness (QED) is 0.654. The summed E-state index contributed by atoms with van der Waals surface area (Å²) in [6.07, 6.45) is 7.05. The van der Waals surface area contributed by atoms with Crippen molar-refractivity contribution in [1.29, 1.82) is 0 Å². The maximum atomic E-state index is 11.8.